The first kappa shape index (κ1) is 36.4. The van der Waals surface area contributed by atoms with Crippen LogP contribution in [0.3, 0.4) is 0 Å². The Morgan fingerprint density at radius 1 is 1.10 bits per heavy atom. The van der Waals surface area contributed by atoms with Gasteiger partial charge in [-0.2, -0.15) is 5.12 Å². The summed E-state index contributed by atoms with van der Waals surface area (Å²) >= 11 is 0. The van der Waals surface area contributed by atoms with Crippen molar-refractivity contribution in [2.75, 3.05) is 25.9 Å². The molecule has 1 atom stereocenters. The number of pyridine rings is 1. The van der Waals surface area contributed by atoms with Crippen molar-refractivity contribution in [3.8, 4) is 11.5 Å². The van der Waals surface area contributed by atoms with Crippen LogP contribution in [-0.4, -0.2) is 36.8 Å². The monoisotopic (exact) mass is 595 g/mol. The van der Waals surface area contributed by atoms with Crippen molar-refractivity contribution in [1.29, 1.82) is 0 Å². The van der Waals surface area contributed by atoms with Gasteiger partial charge >= 0.3 is 5.69 Å². The van der Waals surface area contributed by atoms with E-state index >= 15 is 4.48 Å². The normalized spacial score (nSPS) is 14.1. The minimum atomic E-state index is -2.82. The van der Waals surface area contributed by atoms with Crippen molar-refractivity contribution < 1.29 is 32.4 Å². The number of anilines is 1. The minimum Gasteiger partial charge on any atom is -0.497 e. The highest BCUT2D eigenvalue weighted by atomic mass is 19.3. The number of nitro groups is 1. The Labute approximate surface area is 246 Å². The number of halogens is 3. The van der Waals surface area contributed by atoms with Crippen LogP contribution in [0.4, 0.5) is 24.6 Å². The summed E-state index contributed by atoms with van der Waals surface area (Å²) in [6, 6.07) is 8.09. The van der Waals surface area contributed by atoms with Crippen molar-refractivity contribution in [2.45, 2.75) is 79.9 Å². The molecule has 1 aliphatic heterocycles. The van der Waals surface area contributed by atoms with Gasteiger partial charge in [0.1, 0.15) is 17.7 Å². The molecular formula is C31H44F3N3O5. The first-order chi connectivity index (χ1) is 20.0. The van der Waals surface area contributed by atoms with Crippen molar-refractivity contribution in [3.63, 3.8) is 0 Å². The molecule has 234 valence electrons. The molecule has 0 bridgehead atoms. The van der Waals surface area contributed by atoms with Crippen molar-refractivity contribution in [1.82, 2.24) is 4.98 Å². The van der Waals surface area contributed by atoms with E-state index in [0.29, 0.717) is 23.2 Å². The molecule has 42 heavy (non-hydrogen) atoms. The lowest BCUT2D eigenvalue weighted by Crippen LogP contribution is -2.14. The van der Waals surface area contributed by atoms with Crippen LogP contribution < -0.4 is 14.6 Å². The standard InChI is InChI=1S/C19H16F3N3O4.C6H12O.C4H10.C2H6/c1-28-13-5-3-12(17(8-13)29-2)10-24(22)18-14-7-11(19(20)21)4-6-15(14)23-9-16(18)25(26)27;1-6-4-2-3-5-7-6;1-4(2)3;1-2/h3-9,19H,10H2,1-2H3;6H,2-5H2,1H3;4H,1-3H3;1-2H3/t;6-;;/m.1../s1. The van der Waals surface area contributed by atoms with E-state index in [4.69, 9.17) is 14.2 Å². The van der Waals surface area contributed by atoms with Gasteiger partial charge in [0.05, 0.1) is 37.3 Å². The van der Waals surface area contributed by atoms with E-state index in [2.05, 4.69) is 32.7 Å². The fraction of sp³-hybridized carbons (Fsp3) is 0.516. The molecule has 1 fully saturated rings. The summed E-state index contributed by atoms with van der Waals surface area (Å²) in [7, 11) is 2.85. The summed E-state index contributed by atoms with van der Waals surface area (Å²) in [5.74, 6) is 1.62. The van der Waals surface area contributed by atoms with E-state index in [9.17, 15) is 18.9 Å². The average molecular weight is 596 g/mol. The third kappa shape index (κ3) is 11.3. The van der Waals surface area contributed by atoms with Crippen molar-refractivity contribution in [2.24, 2.45) is 5.92 Å². The summed E-state index contributed by atoms with van der Waals surface area (Å²) in [5.41, 5.74) is -0.963. The molecule has 2 heterocycles. The number of nitrogens with zero attached hydrogens (tertiary/aromatic N) is 3. The molecular weight excluding hydrogens is 551 g/mol. The first-order valence-corrected chi connectivity index (χ1v) is 14.1. The van der Waals surface area contributed by atoms with E-state index in [1.54, 1.807) is 12.1 Å². The summed E-state index contributed by atoms with van der Waals surface area (Å²) in [6.45, 7) is 13.2. The summed E-state index contributed by atoms with van der Waals surface area (Å²) in [4.78, 5) is 14.5. The SMILES string of the molecule is CC.CC(C)C.COc1ccc(CN(F)c2c([N+](=O)[O-])cnc3ccc(C(F)F)cc23)c(OC)c1.C[C@@H]1CCCCO1. The molecule has 4 rings (SSSR count). The largest absolute Gasteiger partial charge is 0.497 e. The van der Waals surface area contributed by atoms with E-state index in [1.165, 1.54) is 45.6 Å². The molecule has 1 aromatic heterocycles. The number of hydrogen-bond donors (Lipinski definition) is 0. The fourth-order valence-corrected chi connectivity index (χ4v) is 3.82. The third-order valence-electron chi connectivity index (χ3n) is 5.75. The Morgan fingerprint density at radius 3 is 2.24 bits per heavy atom. The number of methoxy groups -OCH3 is 2. The highest BCUT2D eigenvalue weighted by Gasteiger charge is 2.26. The van der Waals surface area contributed by atoms with E-state index in [1.807, 2.05) is 13.8 Å². The van der Waals surface area contributed by atoms with Crippen molar-refractivity contribution >= 4 is 22.3 Å². The molecule has 8 nitrogen and oxygen atoms in total. The van der Waals surface area contributed by atoms with Crippen LogP contribution in [0, 0.1) is 16.0 Å². The van der Waals surface area contributed by atoms with Crippen LogP contribution in [0.15, 0.2) is 42.6 Å². The molecule has 0 radical (unpaired) electrons. The van der Waals surface area contributed by atoms with E-state index < -0.39 is 34.8 Å². The second-order valence-electron chi connectivity index (χ2n) is 9.93. The van der Waals surface area contributed by atoms with Gasteiger partial charge < -0.3 is 14.2 Å². The lowest BCUT2D eigenvalue weighted by molar-refractivity contribution is -0.384. The van der Waals surface area contributed by atoms with Gasteiger partial charge in [-0.25, -0.2) is 13.8 Å². The van der Waals surface area contributed by atoms with Crippen LogP contribution in [-0.2, 0) is 11.3 Å². The Bertz CT molecular complexity index is 1240. The van der Waals surface area contributed by atoms with Crippen LogP contribution in [0.5, 0.6) is 11.5 Å². The zero-order chi connectivity index (χ0) is 31.8. The van der Waals surface area contributed by atoms with Crippen LogP contribution >= 0.6 is 0 Å². The van der Waals surface area contributed by atoms with Gasteiger partial charge in [0, 0.05) is 29.2 Å². The summed E-state index contributed by atoms with van der Waals surface area (Å²) in [6.07, 6.45) is 2.51. The average Bonchev–Trinajstić information content (AvgIpc) is 2.97. The number of aromatic nitrogens is 1. The molecule has 0 spiro atoms. The molecule has 0 unspecified atom stereocenters. The summed E-state index contributed by atoms with van der Waals surface area (Å²) < 4.78 is 57.0. The number of ether oxygens (including phenoxy) is 3. The number of benzene rings is 2. The second kappa shape index (κ2) is 18.8. The Balaban J connectivity index is 0.000000565. The number of rotatable bonds is 7. The number of alkyl halides is 2. The van der Waals surface area contributed by atoms with Gasteiger partial charge in [0.15, 0.2) is 5.69 Å². The second-order valence-corrected chi connectivity index (χ2v) is 9.93. The zero-order valence-electron chi connectivity index (χ0n) is 25.8. The van der Waals surface area contributed by atoms with Gasteiger partial charge in [-0.15, -0.1) is 0 Å². The molecule has 11 heteroatoms. The third-order valence-corrected chi connectivity index (χ3v) is 5.75. The molecule has 0 saturated carbocycles. The molecule has 0 N–H and O–H groups in total. The molecule has 0 aliphatic carbocycles. The van der Waals surface area contributed by atoms with E-state index in [-0.39, 0.29) is 16.0 Å². The van der Waals surface area contributed by atoms with Gasteiger partial charge in [-0.1, -0.05) is 45.2 Å². The number of fused-ring (bicyclic) bond motifs is 1. The van der Waals surface area contributed by atoms with Gasteiger partial charge in [-0.05, 0) is 56.4 Å². The molecule has 0 amide bonds. The Hall–Kier alpha value is -3.60. The minimum absolute atomic E-state index is 0.0908. The predicted molar refractivity (Wildman–Crippen MR) is 161 cm³/mol. The van der Waals surface area contributed by atoms with Gasteiger partial charge in [0.2, 0.25) is 0 Å². The van der Waals surface area contributed by atoms with Crippen LogP contribution in [0.25, 0.3) is 10.9 Å². The Morgan fingerprint density at radius 2 is 1.76 bits per heavy atom. The molecule has 1 saturated heterocycles. The van der Waals surface area contributed by atoms with Gasteiger partial charge in [-0.3, -0.25) is 10.1 Å². The lowest BCUT2D eigenvalue weighted by Gasteiger charge is -2.18. The smallest absolute Gasteiger partial charge is 0.313 e. The van der Waals surface area contributed by atoms with Crippen molar-refractivity contribution in [3.05, 3.63) is 63.8 Å². The van der Waals surface area contributed by atoms with Gasteiger partial charge in [0.25, 0.3) is 6.43 Å². The van der Waals surface area contributed by atoms with Crippen LogP contribution in [0.1, 0.15) is 78.4 Å². The predicted octanol–water partition coefficient (Wildman–Crippen LogP) is 9.25. The first-order valence-electron chi connectivity index (χ1n) is 14.1. The van der Waals surface area contributed by atoms with E-state index in [0.717, 1.165) is 30.9 Å². The highest BCUT2D eigenvalue weighted by molar-refractivity contribution is 5.96. The number of hydrogen-bond acceptors (Lipinski definition) is 7. The zero-order valence-corrected chi connectivity index (χ0v) is 25.8. The fourth-order valence-electron chi connectivity index (χ4n) is 3.82. The maximum absolute atomic E-state index is 15.2. The lowest BCUT2D eigenvalue weighted by atomic mass is 10.1. The molecule has 1 aliphatic rings. The van der Waals surface area contributed by atoms with Crippen LogP contribution in [0.2, 0.25) is 0 Å². The molecule has 2 aromatic carbocycles. The molecule has 3 aromatic rings. The highest BCUT2D eigenvalue weighted by Crippen LogP contribution is 2.38. The topological polar surface area (TPSA) is 87.0 Å². The Kier molecular flexibility index (Phi) is 16.3. The quantitative estimate of drug-likeness (QED) is 0.153. The maximum atomic E-state index is 15.2. The summed E-state index contributed by atoms with van der Waals surface area (Å²) in [5, 5.41) is 11.5. The maximum Gasteiger partial charge on any atom is 0.313 e.